The highest BCUT2D eigenvalue weighted by Gasteiger charge is 2.22. The number of ketones is 1. The number of ether oxygens (including phenoxy) is 1. The normalized spacial score (nSPS) is 10.3. The van der Waals surface area contributed by atoms with Crippen molar-refractivity contribution >= 4 is 17.3 Å². The van der Waals surface area contributed by atoms with Gasteiger partial charge in [-0.3, -0.25) is 4.79 Å². The van der Waals surface area contributed by atoms with Crippen LogP contribution in [-0.2, 0) is 6.42 Å². The van der Waals surface area contributed by atoms with Crippen LogP contribution >= 0.6 is 11.5 Å². The number of methoxy groups -OCH3 is 1. The highest BCUT2D eigenvalue weighted by molar-refractivity contribution is 7.08. The Balaban J connectivity index is 2.38. The zero-order valence-corrected chi connectivity index (χ0v) is 10.9. The molecule has 0 radical (unpaired) electrons. The van der Waals surface area contributed by atoms with Gasteiger partial charge >= 0.3 is 0 Å². The standard InChI is InChI=1S/C11H12N4O2S/c1-3-4-7-10(18-15-14-7)9(16)8-11(17-2)13-6-5-12-8/h5-6H,3-4H2,1-2H3. The fraction of sp³-hybridized carbons (Fsp3) is 0.364. The minimum Gasteiger partial charge on any atom is -0.479 e. The summed E-state index contributed by atoms with van der Waals surface area (Å²) < 4.78 is 8.86. The Labute approximate surface area is 108 Å². The molecular weight excluding hydrogens is 252 g/mol. The van der Waals surface area contributed by atoms with Crippen molar-refractivity contribution in [1.29, 1.82) is 0 Å². The van der Waals surface area contributed by atoms with Crippen molar-refractivity contribution in [2.75, 3.05) is 7.11 Å². The topological polar surface area (TPSA) is 77.9 Å². The number of hydrogen-bond acceptors (Lipinski definition) is 7. The highest BCUT2D eigenvalue weighted by Crippen LogP contribution is 2.20. The zero-order valence-electron chi connectivity index (χ0n) is 10.1. The van der Waals surface area contributed by atoms with Crippen molar-refractivity contribution in [1.82, 2.24) is 19.6 Å². The molecule has 2 aromatic heterocycles. The molecule has 0 amide bonds. The monoisotopic (exact) mass is 264 g/mol. The maximum atomic E-state index is 12.3. The lowest BCUT2D eigenvalue weighted by Crippen LogP contribution is -2.08. The van der Waals surface area contributed by atoms with E-state index in [4.69, 9.17) is 4.74 Å². The molecule has 6 nitrogen and oxygen atoms in total. The molecule has 2 aromatic rings. The van der Waals surface area contributed by atoms with Crippen LogP contribution in [0.1, 0.15) is 34.4 Å². The molecule has 0 spiro atoms. The van der Waals surface area contributed by atoms with E-state index in [1.165, 1.54) is 19.5 Å². The van der Waals surface area contributed by atoms with E-state index in [1.54, 1.807) is 0 Å². The molecular formula is C11H12N4O2S. The van der Waals surface area contributed by atoms with Crippen LogP contribution in [0.2, 0.25) is 0 Å². The van der Waals surface area contributed by atoms with E-state index >= 15 is 0 Å². The van der Waals surface area contributed by atoms with Crippen molar-refractivity contribution in [3.63, 3.8) is 0 Å². The van der Waals surface area contributed by atoms with Crippen molar-refractivity contribution in [3.05, 3.63) is 28.7 Å². The molecule has 7 heteroatoms. The molecule has 0 unspecified atom stereocenters. The summed E-state index contributed by atoms with van der Waals surface area (Å²) in [6, 6.07) is 0. The van der Waals surface area contributed by atoms with E-state index in [2.05, 4.69) is 19.6 Å². The minimum atomic E-state index is -0.238. The van der Waals surface area contributed by atoms with Crippen LogP contribution in [-0.4, -0.2) is 32.4 Å². The molecule has 0 aliphatic carbocycles. The Morgan fingerprint density at radius 3 is 2.89 bits per heavy atom. The van der Waals surface area contributed by atoms with E-state index in [0.717, 1.165) is 24.4 Å². The van der Waals surface area contributed by atoms with Crippen molar-refractivity contribution in [2.45, 2.75) is 19.8 Å². The minimum absolute atomic E-state index is 0.198. The van der Waals surface area contributed by atoms with Gasteiger partial charge in [0.2, 0.25) is 11.7 Å². The second-order valence-corrected chi connectivity index (χ2v) is 4.30. The van der Waals surface area contributed by atoms with E-state index in [-0.39, 0.29) is 17.4 Å². The predicted molar refractivity (Wildman–Crippen MR) is 65.9 cm³/mol. The summed E-state index contributed by atoms with van der Waals surface area (Å²) in [4.78, 5) is 20.8. The second-order valence-electron chi connectivity index (χ2n) is 3.54. The Bertz CT molecular complexity index is 555. The lowest BCUT2D eigenvalue weighted by molar-refractivity contribution is 0.103. The van der Waals surface area contributed by atoms with Crippen molar-refractivity contribution < 1.29 is 9.53 Å². The number of hydrogen-bond donors (Lipinski definition) is 0. The number of carbonyl (C=O) groups excluding carboxylic acids is 1. The third kappa shape index (κ3) is 2.35. The van der Waals surface area contributed by atoms with Crippen LogP contribution in [0.25, 0.3) is 0 Å². The molecule has 0 bridgehead atoms. The van der Waals surface area contributed by atoms with Crippen LogP contribution in [0.15, 0.2) is 12.4 Å². The van der Waals surface area contributed by atoms with Gasteiger partial charge in [-0.1, -0.05) is 17.8 Å². The van der Waals surface area contributed by atoms with Gasteiger partial charge < -0.3 is 4.74 Å². The lowest BCUT2D eigenvalue weighted by Gasteiger charge is -2.03. The molecule has 2 rings (SSSR count). The lowest BCUT2D eigenvalue weighted by atomic mass is 10.1. The maximum absolute atomic E-state index is 12.3. The van der Waals surface area contributed by atoms with Crippen LogP contribution in [0.4, 0.5) is 0 Å². The molecule has 0 saturated carbocycles. The molecule has 0 N–H and O–H groups in total. The van der Waals surface area contributed by atoms with Gasteiger partial charge in [-0.05, 0) is 18.0 Å². The summed E-state index contributed by atoms with van der Waals surface area (Å²) >= 11 is 1.08. The first kappa shape index (κ1) is 12.6. The Kier molecular flexibility index (Phi) is 3.93. The van der Waals surface area contributed by atoms with E-state index in [9.17, 15) is 4.79 Å². The van der Waals surface area contributed by atoms with E-state index in [1.807, 2.05) is 6.92 Å². The van der Waals surface area contributed by atoms with Crippen LogP contribution < -0.4 is 4.74 Å². The molecule has 0 aliphatic rings. The van der Waals surface area contributed by atoms with Gasteiger partial charge in [-0.25, -0.2) is 9.97 Å². The van der Waals surface area contributed by atoms with Gasteiger partial charge in [-0.2, -0.15) is 0 Å². The van der Waals surface area contributed by atoms with Gasteiger partial charge in [-0.15, -0.1) is 5.10 Å². The first-order valence-corrected chi connectivity index (χ1v) is 6.26. The third-order valence-electron chi connectivity index (χ3n) is 2.32. The fourth-order valence-electron chi connectivity index (χ4n) is 1.52. The Morgan fingerprint density at radius 1 is 1.39 bits per heavy atom. The highest BCUT2D eigenvalue weighted by atomic mass is 32.1. The quantitative estimate of drug-likeness (QED) is 0.762. The fourth-order valence-corrected chi connectivity index (χ4v) is 2.17. The first-order valence-electron chi connectivity index (χ1n) is 5.48. The third-order valence-corrected chi connectivity index (χ3v) is 3.09. The number of nitrogens with zero attached hydrogens (tertiary/aromatic N) is 4. The van der Waals surface area contributed by atoms with Crippen molar-refractivity contribution in [2.24, 2.45) is 0 Å². The van der Waals surface area contributed by atoms with Gasteiger partial charge in [0, 0.05) is 12.4 Å². The molecule has 0 fully saturated rings. The molecule has 0 aliphatic heterocycles. The average Bonchev–Trinajstić information content (AvgIpc) is 2.86. The summed E-state index contributed by atoms with van der Waals surface area (Å²) in [6.45, 7) is 2.02. The second kappa shape index (κ2) is 5.63. The van der Waals surface area contributed by atoms with Gasteiger partial charge in [0.1, 0.15) is 4.88 Å². The van der Waals surface area contributed by atoms with Crippen molar-refractivity contribution in [3.8, 4) is 5.88 Å². The molecule has 0 aromatic carbocycles. The molecule has 2 heterocycles. The number of carbonyl (C=O) groups is 1. The van der Waals surface area contributed by atoms with Crippen LogP contribution in [0.3, 0.4) is 0 Å². The predicted octanol–water partition coefficient (Wildman–Crippen LogP) is 1.52. The maximum Gasteiger partial charge on any atom is 0.243 e. The summed E-state index contributed by atoms with van der Waals surface area (Å²) in [7, 11) is 1.46. The van der Waals surface area contributed by atoms with Crippen LogP contribution in [0, 0.1) is 0 Å². The first-order chi connectivity index (χ1) is 8.77. The summed E-state index contributed by atoms with van der Waals surface area (Å²) in [5.74, 6) is -0.0169. The summed E-state index contributed by atoms with van der Waals surface area (Å²) in [5, 5.41) is 3.97. The molecule has 94 valence electrons. The number of rotatable bonds is 5. The zero-order chi connectivity index (χ0) is 13.0. The number of aromatic nitrogens is 4. The molecule has 0 atom stereocenters. The Morgan fingerprint density at radius 2 is 2.17 bits per heavy atom. The Hall–Kier alpha value is -1.89. The number of aryl methyl sites for hydroxylation is 1. The van der Waals surface area contributed by atoms with Gasteiger partial charge in [0.25, 0.3) is 0 Å². The van der Waals surface area contributed by atoms with E-state index in [0.29, 0.717) is 10.6 Å². The van der Waals surface area contributed by atoms with Gasteiger partial charge in [0.05, 0.1) is 12.8 Å². The smallest absolute Gasteiger partial charge is 0.243 e. The SMILES string of the molecule is CCCc1nnsc1C(=O)c1nccnc1OC. The average molecular weight is 264 g/mol. The largest absolute Gasteiger partial charge is 0.479 e. The van der Waals surface area contributed by atoms with Crippen LogP contribution in [0.5, 0.6) is 5.88 Å². The summed E-state index contributed by atoms with van der Waals surface area (Å²) in [5.41, 5.74) is 0.906. The van der Waals surface area contributed by atoms with E-state index < -0.39 is 0 Å². The molecule has 0 saturated heterocycles. The summed E-state index contributed by atoms with van der Waals surface area (Å²) in [6.07, 6.45) is 4.57. The van der Waals surface area contributed by atoms with Gasteiger partial charge in [0.15, 0.2) is 5.69 Å². The molecule has 18 heavy (non-hydrogen) atoms.